The van der Waals surface area contributed by atoms with E-state index in [-0.39, 0.29) is 18.5 Å². The van der Waals surface area contributed by atoms with Gasteiger partial charge in [0.1, 0.15) is 6.04 Å². The SMILES string of the molecule is O=C(CN1C(C(=O)O)CC2CCCCC21)Nc1ccc(Cl)c(Cl)c1. The van der Waals surface area contributed by atoms with Crippen molar-refractivity contribution in [1.82, 2.24) is 4.90 Å². The topological polar surface area (TPSA) is 69.6 Å². The first-order valence-corrected chi connectivity index (χ1v) is 8.94. The zero-order chi connectivity index (χ0) is 17.3. The molecule has 3 unspecified atom stereocenters. The van der Waals surface area contributed by atoms with Crippen LogP contribution in [0.1, 0.15) is 32.1 Å². The van der Waals surface area contributed by atoms with Gasteiger partial charge in [-0.3, -0.25) is 14.5 Å². The summed E-state index contributed by atoms with van der Waals surface area (Å²) in [5, 5.41) is 13.1. The van der Waals surface area contributed by atoms with Crippen LogP contribution in [0.25, 0.3) is 0 Å². The summed E-state index contributed by atoms with van der Waals surface area (Å²) in [5.41, 5.74) is 0.556. The number of hydrogen-bond donors (Lipinski definition) is 2. The third-order valence-electron chi connectivity index (χ3n) is 5.04. The normalized spacial score (nSPS) is 26.8. The van der Waals surface area contributed by atoms with E-state index >= 15 is 0 Å². The standard InChI is InChI=1S/C17H20Cl2N2O3/c18-12-6-5-11(8-13(12)19)20-16(22)9-21-14-4-2-1-3-10(14)7-15(21)17(23)24/h5-6,8,10,14-15H,1-4,7,9H2,(H,20,22)(H,23,24). The molecule has 7 heteroatoms. The van der Waals surface area contributed by atoms with Gasteiger partial charge < -0.3 is 10.4 Å². The Morgan fingerprint density at radius 2 is 1.96 bits per heavy atom. The van der Waals surface area contributed by atoms with E-state index in [1.54, 1.807) is 18.2 Å². The van der Waals surface area contributed by atoms with Gasteiger partial charge in [-0.05, 0) is 43.4 Å². The Morgan fingerprint density at radius 1 is 1.21 bits per heavy atom. The summed E-state index contributed by atoms with van der Waals surface area (Å²) in [4.78, 5) is 25.8. The second-order valence-corrected chi connectivity index (χ2v) is 7.37. The molecule has 1 aliphatic heterocycles. The van der Waals surface area contributed by atoms with Gasteiger partial charge in [-0.25, -0.2) is 0 Å². The molecule has 24 heavy (non-hydrogen) atoms. The largest absolute Gasteiger partial charge is 0.480 e. The summed E-state index contributed by atoms with van der Waals surface area (Å²) in [6.07, 6.45) is 4.91. The number of benzene rings is 1. The predicted molar refractivity (Wildman–Crippen MR) is 93.6 cm³/mol. The lowest BCUT2D eigenvalue weighted by Crippen LogP contribution is -2.46. The molecule has 2 fully saturated rings. The zero-order valence-electron chi connectivity index (χ0n) is 13.2. The second kappa shape index (κ2) is 7.30. The molecule has 0 bridgehead atoms. The molecule has 1 saturated carbocycles. The number of carbonyl (C=O) groups is 2. The number of carbonyl (C=O) groups excluding carboxylic acids is 1. The average molecular weight is 371 g/mol. The average Bonchev–Trinajstić information content (AvgIpc) is 2.90. The van der Waals surface area contributed by atoms with Crippen LogP contribution in [0.2, 0.25) is 10.0 Å². The van der Waals surface area contributed by atoms with Gasteiger partial charge in [0.05, 0.1) is 16.6 Å². The molecule has 1 saturated heterocycles. The molecule has 2 aliphatic rings. The maximum atomic E-state index is 12.4. The number of fused-ring (bicyclic) bond motifs is 1. The number of likely N-dealkylation sites (tertiary alicyclic amines) is 1. The summed E-state index contributed by atoms with van der Waals surface area (Å²) in [7, 11) is 0. The molecule has 1 heterocycles. The number of halogens is 2. The lowest BCUT2D eigenvalue weighted by Gasteiger charge is -2.32. The van der Waals surface area contributed by atoms with E-state index in [4.69, 9.17) is 23.2 Å². The first-order chi connectivity index (χ1) is 11.5. The summed E-state index contributed by atoms with van der Waals surface area (Å²) in [5.74, 6) is -0.685. The van der Waals surface area contributed by atoms with Gasteiger partial charge in [0.15, 0.2) is 0 Å². The highest BCUT2D eigenvalue weighted by Crippen LogP contribution is 2.39. The van der Waals surface area contributed by atoms with Crippen LogP contribution in [0.4, 0.5) is 5.69 Å². The first kappa shape index (κ1) is 17.5. The number of carboxylic acid groups (broad SMARTS) is 1. The van der Waals surface area contributed by atoms with E-state index in [9.17, 15) is 14.7 Å². The van der Waals surface area contributed by atoms with Crippen molar-refractivity contribution in [2.75, 3.05) is 11.9 Å². The number of aliphatic carboxylic acids is 1. The predicted octanol–water partition coefficient (Wildman–Crippen LogP) is 3.65. The first-order valence-electron chi connectivity index (χ1n) is 8.19. The fourth-order valence-corrected chi connectivity index (χ4v) is 4.26. The molecule has 5 nitrogen and oxygen atoms in total. The summed E-state index contributed by atoms with van der Waals surface area (Å²) in [6, 6.07) is 4.50. The van der Waals surface area contributed by atoms with Crippen molar-refractivity contribution in [2.24, 2.45) is 5.92 Å². The van der Waals surface area contributed by atoms with E-state index < -0.39 is 12.0 Å². The molecular weight excluding hydrogens is 351 g/mol. The number of hydrogen-bond acceptors (Lipinski definition) is 3. The highest BCUT2D eigenvalue weighted by Gasteiger charge is 2.45. The third kappa shape index (κ3) is 3.68. The number of amides is 1. The Bertz CT molecular complexity index is 653. The number of carboxylic acids is 1. The Labute approximate surface area is 150 Å². The van der Waals surface area contributed by atoms with Crippen LogP contribution in [0.5, 0.6) is 0 Å². The number of nitrogens with zero attached hydrogens (tertiary/aromatic N) is 1. The van der Waals surface area contributed by atoms with Crippen molar-refractivity contribution in [3.8, 4) is 0 Å². The van der Waals surface area contributed by atoms with Gasteiger partial charge in [-0.15, -0.1) is 0 Å². The molecule has 0 aromatic heterocycles. The van der Waals surface area contributed by atoms with Crippen molar-refractivity contribution in [2.45, 2.75) is 44.2 Å². The van der Waals surface area contributed by atoms with Crippen molar-refractivity contribution < 1.29 is 14.7 Å². The summed E-state index contributed by atoms with van der Waals surface area (Å²) in [6.45, 7) is 0.0817. The van der Waals surface area contributed by atoms with Crippen LogP contribution in [0, 0.1) is 5.92 Å². The molecule has 3 rings (SSSR count). The molecule has 1 amide bonds. The monoisotopic (exact) mass is 370 g/mol. The van der Waals surface area contributed by atoms with Crippen LogP contribution in [-0.2, 0) is 9.59 Å². The number of nitrogens with one attached hydrogen (secondary N) is 1. The minimum atomic E-state index is -0.841. The Kier molecular flexibility index (Phi) is 5.33. The van der Waals surface area contributed by atoms with Crippen LogP contribution in [0.3, 0.4) is 0 Å². The highest BCUT2D eigenvalue weighted by molar-refractivity contribution is 6.42. The molecular formula is C17H20Cl2N2O3. The van der Waals surface area contributed by atoms with Gasteiger partial charge in [0, 0.05) is 11.7 Å². The maximum absolute atomic E-state index is 12.4. The van der Waals surface area contributed by atoms with Crippen molar-refractivity contribution in [1.29, 1.82) is 0 Å². The van der Waals surface area contributed by atoms with E-state index in [0.717, 1.165) is 25.7 Å². The molecule has 1 aromatic rings. The Morgan fingerprint density at radius 3 is 2.67 bits per heavy atom. The minimum absolute atomic E-state index is 0.0817. The lowest BCUT2D eigenvalue weighted by molar-refractivity contribution is -0.143. The van der Waals surface area contributed by atoms with Crippen LogP contribution in [0.15, 0.2) is 18.2 Å². The minimum Gasteiger partial charge on any atom is -0.480 e. The van der Waals surface area contributed by atoms with E-state index in [2.05, 4.69) is 5.32 Å². The van der Waals surface area contributed by atoms with Gasteiger partial charge in [0.2, 0.25) is 5.91 Å². The third-order valence-corrected chi connectivity index (χ3v) is 5.77. The summed E-state index contributed by atoms with van der Waals surface area (Å²) < 4.78 is 0. The van der Waals surface area contributed by atoms with Gasteiger partial charge >= 0.3 is 5.97 Å². The molecule has 0 spiro atoms. The van der Waals surface area contributed by atoms with Crippen LogP contribution >= 0.6 is 23.2 Å². The van der Waals surface area contributed by atoms with Crippen molar-refractivity contribution >= 4 is 40.8 Å². The lowest BCUT2D eigenvalue weighted by atomic mass is 9.85. The van der Waals surface area contributed by atoms with E-state index in [1.807, 2.05) is 4.90 Å². The highest BCUT2D eigenvalue weighted by atomic mass is 35.5. The molecule has 1 aliphatic carbocycles. The van der Waals surface area contributed by atoms with Gasteiger partial charge in [0.25, 0.3) is 0 Å². The van der Waals surface area contributed by atoms with E-state index in [0.29, 0.717) is 28.1 Å². The number of anilines is 1. The molecule has 3 atom stereocenters. The smallest absolute Gasteiger partial charge is 0.320 e. The molecule has 0 radical (unpaired) electrons. The van der Waals surface area contributed by atoms with Crippen molar-refractivity contribution in [3.05, 3.63) is 28.2 Å². The molecule has 1 aromatic carbocycles. The van der Waals surface area contributed by atoms with Gasteiger partial charge in [-0.1, -0.05) is 36.0 Å². The maximum Gasteiger partial charge on any atom is 0.320 e. The zero-order valence-corrected chi connectivity index (χ0v) is 14.7. The summed E-state index contributed by atoms with van der Waals surface area (Å²) >= 11 is 11.8. The fourth-order valence-electron chi connectivity index (χ4n) is 3.96. The fraction of sp³-hybridized carbons (Fsp3) is 0.529. The Hall–Kier alpha value is -1.30. The molecule has 2 N–H and O–H groups in total. The molecule has 130 valence electrons. The second-order valence-electron chi connectivity index (χ2n) is 6.55. The number of rotatable bonds is 4. The van der Waals surface area contributed by atoms with Crippen LogP contribution < -0.4 is 5.32 Å². The van der Waals surface area contributed by atoms with E-state index in [1.165, 1.54) is 0 Å². The van der Waals surface area contributed by atoms with Crippen LogP contribution in [-0.4, -0.2) is 40.5 Å². The quantitative estimate of drug-likeness (QED) is 0.848. The van der Waals surface area contributed by atoms with Crippen molar-refractivity contribution in [3.63, 3.8) is 0 Å². The van der Waals surface area contributed by atoms with Gasteiger partial charge in [-0.2, -0.15) is 0 Å². The Balaban J connectivity index is 1.69.